The van der Waals surface area contributed by atoms with Gasteiger partial charge in [0, 0.05) is 18.6 Å². The van der Waals surface area contributed by atoms with Crippen molar-refractivity contribution in [2.75, 3.05) is 19.6 Å². The van der Waals surface area contributed by atoms with Crippen LogP contribution in [0.25, 0.3) is 0 Å². The average Bonchev–Trinajstić information content (AvgIpc) is 2.80. The van der Waals surface area contributed by atoms with Crippen LogP contribution in [0, 0.1) is 5.92 Å². The van der Waals surface area contributed by atoms with Crippen LogP contribution in [0.2, 0.25) is 0 Å². The van der Waals surface area contributed by atoms with Gasteiger partial charge in [0.05, 0.1) is 0 Å². The molecule has 1 rings (SSSR count). The maximum absolute atomic E-state index is 5.98. The van der Waals surface area contributed by atoms with Gasteiger partial charge in [0.1, 0.15) is 0 Å². The van der Waals surface area contributed by atoms with Gasteiger partial charge in [0.15, 0.2) is 0 Å². The lowest BCUT2D eigenvalue weighted by atomic mass is 9.94. The molecule has 1 aliphatic rings. The van der Waals surface area contributed by atoms with E-state index in [2.05, 4.69) is 25.7 Å². The second-order valence-electron chi connectivity index (χ2n) is 5.65. The van der Waals surface area contributed by atoms with Gasteiger partial charge < -0.3 is 5.73 Å². The van der Waals surface area contributed by atoms with Crippen molar-refractivity contribution in [3.8, 4) is 0 Å². The Bertz CT molecular complexity index is 181. The van der Waals surface area contributed by atoms with E-state index in [0.717, 1.165) is 18.9 Å². The maximum atomic E-state index is 5.98. The van der Waals surface area contributed by atoms with Crippen molar-refractivity contribution < 1.29 is 0 Å². The van der Waals surface area contributed by atoms with E-state index >= 15 is 0 Å². The Hall–Kier alpha value is -0.0800. The Morgan fingerprint density at radius 1 is 1.25 bits per heavy atom. The maximum Gasteiger partial charge on any atom is 0.0301 e. The molecule has 1 saturated carbocycles. The third-order valence-corrected chi connectivity index (χ3v) is 4.41. The summed E-state index contributed by atoms with van der Waals surface area (Å²) in [6.07, 6.45) is 8.15. The van der Waals surface area contributed by atoms with Crippen LogP contribution >= 0.6 is 0 Å². The molecule has 2 heteroatoms. The van der Waals surface area contributed by atoms with Gasteiger partial charge in [-0.15, -0.1) is 0 Å². The lowest BCUT2D eigenvalue weighted by molar-refractivity contribution is 0.0868. The number of nitrogens with two attached hydrogens (primary N) is 1. The topological polar surface area (TPSA) is 29.3 Å². The number of rotatable bonds is 7. The van der Waals surface area contributed by atoms with Crippen LogP contribution in [0.5, 0.6) is 0 Å². The lowest BCUT2D eigenvalue weighted by Crippen LogP contribution is -2.53. The van der Waals surface area contributed by atoms with Gasteiger partial charge in [-0.3, -0.25) is 4.90 Å². The van der Waals surface area contributed by atoms with Crippen molar-refractivity contribution in [2.24, 2.45) is 11.7 Å². The van der Waals surface area contributed by atoms with Crippen molar-refractivity contribution in [1.29, 1.82) is 0 Å². The number of hydrogen-bond donors (Lipinski definition) is 1. The highest BCUT2D eigenvalue weighted by Gasteiger charge is 2.30. The zero-order valence-corrected chi connectivity index (χ0v) is 11.5. The van der Waals surface area contributed by atoms with E-state index in [1.807, 2.05) is 0 Å². The molecule has 1 atom stereocenters. The standard InChI is InChI=1S/C14H30N2/c1-4-10-16(14(3,5-2)12-15)11-13-8-6-7-9-13/h13H,4-12,15H2,1-3H3. The van der Waals surface area contributed by atoms with Gasteiger partial charge in [-0.25, -0.2) is 0 Å². The first-order chi connectivity index (χ1) is 7.66. The molecule has 0 aromatic carbocycles. The number of nitrogens with zero attached hydrogens (tertiary/aromatic N) is 1. The smallest absolute Gasteiger partial charge is 0.0301 e. The molecule has 1 fully saturated rings. The Morgan fingerprint density at radius 3 is 2.31 bits per heavy atom. The molecular weight excluding hydrogens is 196 g/mol. The fourth-order valence-electron chi connectivity index (χ4n) is 2.85. The predicted molar refractivity (Wildman–Crippen MR) is 71.6 cm³/mol. The fourth-order valence-corrected chi connectivity index (χ4v) is 2.85. The summed E-state index contributed by atoms with van der Waals surface area (Å²) in [5.74, 6) is 0.934. The van der Waals surface area contributed by atoms with E-state index in [0.29, 0.717) is 0 Å². The molecule has 0 aromatic heterocycles. The highest BCUT2D eigenvalue weighted by Crippen LogP contribution is 2.28. The SMILES string of the molecule is CCCN(CC1CCCC1)C(C)(CC)CN. The summed E-state index contributed by atoms with van der Waals surface area (Å²) in [4.78, 5) is 2.66. The zero-order chi connectivity index (χ0) is 12.0. The van der Waals surface area contributed by atoms with Crippen LogP contribution in [0.15, 0.2) is 0 Å². The summed E-state index contributed by atoms with van der Waals surface area (Å²) < 4.78 is 0. The highest BCUT2D eigenvalue weighted by molar-refractivity contribution is 4.87. The Kier molecular flexibility index (Phi) is 5.77. The van der Waals surface area contributed by atoms with Gasteiger partial charge in [0.2, 0.25) is 0 Å². The monoisotopic (exact) mass is 226 g/mol. The first-order valence-electron chi connectivity index (χ1n) is 7.11. The molecule has 96 valence electrons. The van der Waals surface area contributed by atoms with Crippen LogP contribution < -0.4 is 5.73 Å². The third-order valence-electron chi connectivity index (χ3n) is 4.41. The molecule has 0 aliphatic heterocycles. The molecule has 0 saturated heterocycles. The van der Waals surface area contributed by atoms with Crippen molar-refractivity contribution in [1.82, 2.24) is 4.90 Å². The molecule has 0 bridgehead atoms. The minimum absolute atomic E-state index is 0.221. The number of hydrogen-bond acceptors (Lipinski definition) is 2. The quantitative estimate of drug-likeness (QED) is 0.723. The van der Waals surface area contributed by atoms with Crippen molar-refractivity contribution in [3.05, 3.63) is 0 Å². The summed E-state index contributed by atoms with van der Waals surface area (Å²) in [5, 5.41) is 0. The molecule has 2 nitrogen and oxygen atoms in total. The molecule has 0 amide bonds. The molecule has 2 N–H and O–H groups in total. The van der Waals surface area contributed by atoms with Gasteiger partial charge in [-0.2, -0.15) is 0 Å². The summed E-state index contributed by atoms with van der Waals surface area (Å²) in [7, 11) is 0. The second kappa shape index (κ2) is 6.61. The first kappa shape index (κ1) is 14.0. The van der Waals surface area contributed by atoms with Crippen molar-refractivity contribution in [2.45, 2.75) is 64.8 Å². The molecule has 0 spiro atoms. The third kappa shape index (κ3) is 3.46. The van der Waals surface area contributed by atoms with E-state index in [-0.39, 0.29) is 5.54 Å². The normalized spacial score (nSPS) is 21.6. The summed E-state index contributed by atoms with van der Waals surface area (Å²) in [5.41, 5.74) is 6.20. The van der Waals surface area contributed by atoms with E-state index in [1.165, 1.54) is 45.2 Å². The van der Waals surface area contributed by atoms with Crippen LogP contribution in [0.4, 0.5) is 0 Å². The molecule has 1 aliphatic carbocycles. The zero-order valence-electron chi connectivity index (χ0n) is 11.5. The minimum atomic E-state index is 0.221. The first-order valence-corrected chi connectivity index (χ1v) is 7.11. The molecule has 1 unspecified atom stereocenters. The average molecular weight is 226 g/mol. The van der Waals surface area contributed by atoms with E-state index in [1.54, 1.807) is 0 Å². The second-order valence-corrected chi connectivity index (χ2v) is 5.65. The van der Waals surface area contributed by atoms with Crippen LogP contribution in [-0.4, -0.2) is 30.1 Å². The van der Waals surface area contributed by atoms with E-state index in [4.69, 9.17) is 5.73 Å². The Labute approximate surface area is 102 Å². The molecule has 0 aromatic rings. The molecule has 0 radical (unpaired) electrons. The van der Waals surface area contributed by atoms with Crippen LogP contribution in [0.1, 0.15) is 59.3 Å². The minimum Gasteiger partial charge on any atom is -0.329 e. The molecule has 16 heavy (non-hydrogen) atoms. The van der Waals surface area contributed by atoms with Crippen LogP contribution in [0.3, 0.4) is 0 Å². The van der Waals surface area contributed by atoms with Gasteiger partial charge >= 0.3 is 0 Å². The predicted octanol–water partition coefficient (Wildman–Crippen LogP) is 3.02. The van der Waals surface area contributed by atoms with Crippen molar-refractivity contribution >= 4 is 0 Å². The van der Waals surface area contributed by atoms with Crippen molar-refractivity contribution in [3.63, 3.8) is 0 Å². The van der Waals surface area contributed by atoms with E-state index in [9.17, 15) is 0 Å². The van der Waals surface area contributed by atoms with Gasteiger partial charge in [-0.1, -0.05) is 26.7 Å². The van der Waals surface area contributed by atoms with Gasteiger partial charge in [0.25, 0.3) is 0 Å². The summed E-state index contributed by atoms with van der Waals surface area (Å²) >= 11 is 0. The summed E-state index contributed by atoms with van der Waals surface area (Å²) in [6.45, 7) is 10.1. The highest BCUT2D eigenvalue weighted by atomic mass is 15.2. The molecular formula is C14H30N2. The van der Waals surface area contributed by atoms with E-state index < -0.39 is 0 Å². The fraction of sp³-hybridized carbons (Fsp3) is 1.00. The summed E-state index contributed by atoms with van der Waals surface area (Å²) in [6, 6.07) is 0. The van der Waals surface area contributed by atoms with Crippen LogP contribution in [-0.2, 0) is 0 Å². The Balaban J connectivity index is 2.57. The van der Waals surface area contributed by atoms with Gasteiger partial charge in [-0.05, 0) is 45.1 Å². The lowest BCUT2D eigenvalue weighted by Gasteiger charge is -2.41. The largest absolute Gasteiger partial charge is 0.329 e. The molecule has 0 heterocycles. The Morgan fingerprint density at radius 2 is 1.88 bits per heavy atom.